The van der Waals surface area contributed by atoms with E-state index in [9.17, 15) is 9.59 Å². The average Bonchev–Trinajstić information content (AvgIpc) is 2.76. The summed E-state index contributed by atoms with van der Waals surface area (Å²) in [5.41, 5.74) is 0. The number of halogens is 1. The lowest BCUT2D eigenvalue weighted by Gasteiger charge is -2.08. The van der Waals surface area contributed by atoms with Gasteiger partial charge in [0.05, 0.1) is 46.2 Å². The molecule has 0 saturated heterocycles. The Morgan fingerprint density at radius 3 is 1.94 bits per heavy atom. The first-order valence-electron chi connectivity index (χ1n) is 11.1. The van der Waals surface area contributed by atoms with Crippen LogP contribution in [0.3, 0.4) is 0 Å². The van der Waals surface area contributed by atoms with E-state index in [1.54, 1.807) is 6.92 Å². The van der Waals surface area contributed by atoms with E-state index in [-0.39, 0.29) is 12.6 Å². The molecule has 0 fully saturated rings. The molecule has 184 valence electrons. The highest BCUT2D eigenvalue weighted by Crippen LogP contribution is 2.01. The molecule has 0 aromatic rings. The van der Waals surface area contributed by atoms with Gasteiger partial charge in [0.1, 0.15) is 6.61 Å². The first-order valence-corrected chi connectivity index (χ1v) is 11.7. The lowest BCUT2D eigenvalue weighted by Crippen LogP contribution is -2.28. The molecule has 31 heavy (non-hydrogen) atoms. The molecule has 0 aliphatic heterocycles. The van der Waals surface area contributed by atoms with Crippen molar-refractivity contribution in [3.05, 3.63) is 0 Å². The van der Waals surface area contributed by atoms with Crippen LogP contribution in [0.1, 0.15) is 45.4 Å². The summed E-state index contributed by atoms with van der Waals surface area (Å²) in [5, 5.41) is 2.55. The van der Waals surface area contributed by atoms with E-state index in [1.807, 2.05) is 0 Å². The zero-order valence-electron chi connectivity index (χ0n) is 18.9. The molecule has 0 aliphatic carbocycles. The summed E-state index contributed by atoms with van der Waals surface area (Å²) < 4.78 is 31.3. The molecule has 1 amide bonds. The molecule has 0 bridgehead atoms. The van der Waals surface area contributed by atoms with Crippen LogP contribution in [0.15, 0.2) is 0 Å². The number of unbranched alkanes of at least 4 members (excludes halogenated alkanes) is 3. The quantitative estimate of drug-likeness (QED) is 0.138. The number of hydrogen-bond donors (Lipinski definition) is 1. The zero-order valence-corrected chi connectivity index (χ0v) is 19.6. The summed E-state index contributed by atoms with van der Waals surface area (Å²) in [6.45, 7) is 6.51. The number of amides is 1. The van der Waals surface area contributed by atoms with Gasteiger partial charge in [0.25, 0.3) is 0 Å². The van der Waals surface area contributed by atoms with Gasteiger partial charge < -0.3 is 33.7 Å². The predicted octanol–water partition coefficient (Wildman–Crippen LogP) is 2.92. The summed E-state index contributed by atoms with van der Waals surface area (Å²) in [7, 11) is 0. The monoisotopic (exact) mass is 469 g/mol. The maximum Gasteiger partial charge on any atom is 0.407 e. The molecule has 0 aliphatic rings. The molecule has 0 spiro atoms. The van der Waals surface area contributed by atoms with E-state index in [1.165, 1.54) is 0 Å². The summed E-state index contributed by atoms with van der Waals surface area (Å²) >= 11 is 5.62. The Bertz CT molecular complexity index is 415. The van der Waals surface area contributed by atoms with E-state index in [0.717, 1.165) is 38.2 Å². The van der Waals surface area contributed by atoms with Gasteiger partial charge in [-0.25, -0.2) is 4.79 Å². The second-order valence-corrected chi connectivity index (χ2v) is 6.90. The largest absolute Gasteiger partial charge is 0.463 e. The summed E-state index contributed by atoms with van der Waals surface area (Å²) in [4.78, 5) is 22.6. The number of esters is 1. The van der Waals surface area contributed by atoms with Gasteiger partial charge in [0.2, 0.25) is 0 Å². The molecule has 0 atom stereocenters. The van der Waals surface area contributed by atoms with E-state index in [2.05, 4.69) is 5.32 Å². The number of nitrogens with one attached hydrogen (secondary N) is 1. The molecule has 0 heterocycles. The van der Waals surface area contributed by atoms with Crippen molar-refractivity contribution >= 4 is 23.7 Å². The second kappa shape index (κ2) is 25.1. The van der Waals surface area contributed by atoms with Crippen LogP contribution in [0.4, 0.5) is 4.79 Å². The van der Waals surface area contributed by atoms with Crippen molar-refractivity contribution in [2.45, 2.75) is 45.4 Å². The highest BCUT2D eigenvalue weighted by molar-refractivity contribution is 6.17. The van der Waals surface area contributed by atoms with Crippen molar-refractivity contribution in [2.24, 2.45) is 0 Å². The zero-order chi connectivity index (χ0) is 22.8. The fraction of sp³-hybridized carbons (Fsp3) is 0.905. The van der Waals surface area contributed by atoms with Gasteiger partial charge in [-0.3, -0.25) is 4.79 Å². The third kappa shape index (κ3) is 25.0. The van der Waals surface area contributed by atoms with Gasteiger partial charge in [-0.15, -0.1) is 11.6 Å². The first kappa shape index (κ1) is 29.9. The summed E-state index contributed by atoms with van der Waals surface area (Å²) in [6, 6.07) is 0. The lowest BCUT2D eigenvalue weighted by molar-refractivity contribution is -0.145. The third-order valence-electron chi connectivity index (χ3n) is 3.87. The minimum absolute atomic E-state index is 0.211. The van der Waals surface area contributed by atoms with E-state index in [0.29, 0.717) is 72.2 Å². The van der Waals surface area contributed by atoms with Crippen molar-refractivity contribution in [2.75, 3.05) is 78.5 Å². The minimum Gasteiger partial charge on any atom is -0.463 e. The fourth-order valence-electron chi connectivity index (χ4n) is 2.31. The molecule has 0 saturated carbocycles. The smallest absolute Gasteiger partial charge is 0.407 e. The van der Waals surface area contributed by atoms with Crippen LogP contribution in [0.2, 0.25) is 0 Å². The molecule has 0 radical (unpaired) electrons. The van der Waals surface area contributed by atoms with Gasteiger partial charge in [0, 0.05) is 32.1 Å². The van der Waals surface area contributed by atoms with Gasteiger partial charge >= 0.3 is 12.1 Å². The standard InChI is InChI=1S/C21H40ClNO8/c1-2-30-21(25)23-10-13-28-16-17-29-18-19-31-20(24)8-7-12-27-15-14-26-11-6-4-3-5-9-22/h2-19H2,1H3,(H,23,25). The third-order valence-corrected chi connectivity index (χ3v) is 4.14. The number of hydrogen-bond acceptors (Lipinski definition) is 8. The number of ether oxygens (including phenoxy) is 6. The SMILES string of the molecule is CCOC(=O)NCCOCCOCCOC(=O)CCCOCCOCCCCCCCl. The molecule has 0 aromatic heterocycles. The van der Waals surface area contributed by atoms with E-state index >= 15 is 0 Å². The van der Waals surface area contributed by atoms with Crippen LogP contribution in [-0.4, -0.2) is 90.6 Å². The number of alkyl carbamates (subject to hydrolysis) is 1. The first-order chi connectivity index (χ1) is 15.2. The Kier molecular flexibility index (Phi) is 24.2. The molecule has 9 nitrogen and oxygen atoms in total. The van der Waals surface area contributed by atoms with Crippen molar-refractivity contribution in [3.8, 4) is 0 Å². The predicted molar refractivity (Wildman–Crippen MR) is 118 cm³/mol. The Morgan fingerprint density at radius 1 is 0.677 bits per heavy atom. The molecule has 0 aromatic carbocycles. The van der Waals surface area contributed by atoms with Crippen LogP contribution in [0.25, 0.3) is 0 Å². The van der Waals surface area contributed by atoms with Crippen LogP contribution in [0.5, 0.6) is 0 Å². The Hall–Kier alpha value is -1.13. The molecule has 0 unspecified atom stereocenters. The number of alkyl halides is 1. The maximum atomic E-state index is 11.6. The minimum atomic E-state index is -0.454. The number of carbonyl (C=O) groups excluding carboxylic acids is 2. The Balaban J connectivity index is 3.19. The van der Waals surface area contributed by atoms with Crippen LogP contribution >= 0.6 is 11.6 Å². The van der Waals surface area contributed by atoms with E-state index < -0.39 is 6.09 Å². The number of carbonyl (C=O) groups is 2. The molecule has 10 heteroatoms. The van der Waals surface area contributed by atoms with Crippen LogP contribution < -0.4 is 5.32 Å². The average molecular weight is 470 g/mol. The Labute approximate surface area is 191 Å². The Morgan fingerprint density at radius 2 is 1.26 bits per heavy atom. The van der Waals surface area contributed by atoms with Crippen molar-refractivity contribution < 1.29 is 38.0 Å². The van der Waals surface area contributed by atoms with Crippen molar-refractivity contribution in [1.82, 2.24) is 5.32 Å². The summed E-state index contributed by atoms with van der Waals surface area (Å²) in [5.74, 6) is 0.465. The van der Waals surface area contributed by atoms with Crippen LogP contribution in [-0.2, 0) is 33.2 Å². The fourth-order valence-corrected chi connectivity index (χ4v) is 2.50. The second-order valence-electron chi connectivity index (χ2n) is 6.52. The van der Waals surface area contributed by atoms with E-state index in [4.69, 9.17) is 40.0 Å². The number of rotatable bonds is 23. The normalized spacial score (nSPS) is 10.8. The topological polar surface area (TPSA) is 102 Å². The summed E-state index contributed by atoms with van der Waals surface area (Å²) in [6.07, 6.45) is 4.89. The molecular weight excluding hydrogens is 430 g/mol. The van der Waals surface area contributed by atoms with Gasteiger partial charge in [0.15, 0.2) is 0 Å². The van der Waals surface area contributed by atoms with Crippen molar-refractivity contribution in [3.63, 3.8) is 0 Å². The van der Waals surface area contributed by atoms with Crippen LogP contribution in [0, 0.1) is 0 Å². The lowest BCUT2D eigenvalue weighted by atomic mass is 10.2. The molecule has 0 rings (SSSR count). The molecular formula is C21H40ClNO8. The maximum absolute atomic E-state index is 11.6. The van der Waals surface area contributed by atoms with Gasteiger partial charge in [-0.1, -0.05) is 12.8 Å². The van der Waals surface area contributed by atoms with Gasteiger partial charge in [-0.05, 0) is 26.2 Å². The van der Waals surface area contributed by atoms with Crippen molar-refractivity contribution in [1.29, 1.82) is 0 Å². The highest BCUT2D eigenvalue weighted by Gasteiger charge is 2.03. The highest BCUT2D eigenvalue weighted by atomic mass is 35.5. The van der Waals surface area contributed by atoms with Gasteiger partial charge in [-0.2, -0.15) is 0 Å². The molecule has 1 N–H and O–H groups in total.